The summed E-state index contributed by atoms with van der Waals surface area (Å²) in [6.45, 7) is 2.15. The van der Waals surface area contributed by atoms with Gasteiger partial charge in [-0.2, -0.15) is 5.10 Å². The van der Waals surface area contributed by atoms with Crippen molar-refractivity contribution in [1.82, 2.24) is 14.8 Å². The van der Waals surface area contributed by atoms with E-state index in [9.17, 15) is 0 Å². The largest absolute Gasteiger partial charge is 0.384 e. The quantitative estimate of drug-likeness (QED) is 0.308. The highest BCUT2D eigenvalue weighted by Gasteiger charge is 2.22. The van der Waals surface area contributed by atoms with Gasteiger partial charge in [0.25, 0.3) is 0 Å². The number of anilines is 1. The molecule has 6 nitrogen and oxygen atoms in total. The molecule has 0 aliphatic heterocycles. The van der Waals surface area contributed by atoms with E-state index in [0.717, 1.165) is 29.1 Å². The monoisotopic (exact) mass is 410 g/mol. The lowest BCUT2D eigenvalue weighted by atomic mass is 10.0. The van der Waals surface area contributed by atoms with Gasteiger partial charge in [0.15, 0.2) is 11.6 Å². The molecule has 0 aliphatic rings. The third-order valence-corrected chi connectivity index (χ3v) is 5.29. The number of nitrogens with two attached hydrogens (primary N) is 1. The summed E-state index contributed by atoms with van der Waals surface area (Å²) in [5, 5.41) is 15.9. The Kier molecular flexibility index (Phi) is 5.80. The first-order valence-corrected chi connectivity index (χ1v) is 10.3. The Morgan fingerprint density at radius 3 is 2.45 bits per heavy atom. The second kappa shape index (κ2) is 8.83. The van der Waals surface area contributed by atoms with E-state index in [0.29, 0.717) is 11.4 Å². The molecule has 0 spiro atoms. The molecular weight excluding hydrogens is 384 g/mol. The van der Waals surface area contributed by atoms with Crippen LogP contribution in [0.15, 0.2) is 78.9 Å². The molecule has 4 N–H and O–H groups in total. The first-order chi connectivity index (χ1) is 15.0. The number of hydrogen-bond donors (Lipinski definition) is 3. The molecule has 3 aromatic carbocycles. The van der Waals surface area contributed by atoms with Gasteiger partial charge in [0.1, 0.15) is 11.9 Å². The van der Waals surface area contributed by atoms with Crippen LogP contribution >= 0.6 is 0 Å². The number of rotatable bonds is 7. The summed E-state index contributed by atoms with van der Waals surface area (Å²) in [7, 11) is 1.92. The normalized spacial score (nSPS) is 11.8. The molecule has 1 aromatic heterocycles. The van der Waals surface area contributed by atoms with Crippen LogP contribution in [-0.4, -0.2) is 20.6 Å². The lowest BCUT2D eigenvalue weighted by molar-refractivity contribution is 0.678. The van der Waals surface area contributed by atoms with Crippen molar-refractivity contribution >= 4 is 11.5 Å². The van der Waals surface area contributed by atoms with Crippen LogP contribution in [0.2, 0.25) is 0 Å². The minimum atomic E-state index is -0.190. The maximum absolute atomic E-state index is 7.61. The van der Waals surface area contributed by atoms with Crippen molar-refractivity contribution in [1.29, 1.82) is 5.41 Å². The first-order valence-electron chi connectivity index (χ1n) is 10.3. The van der Waals surface area contributed by atoms with Gasteiger partial charge in [-0.25, -0.2) is 4.98 Å². The van der Waals surface area contributed by atoms with Gasteiger partial charge in [0.2, 0.25) is 0 Å². The lowest BCUT2D eigenvalue weighted by Gasteiger charge is -2.20. The zero-order chi connectivity index (χ0) is 21.8. The lowest BCUT2D eigenvalue weighted by Crippen LogP contribution is -2.18. The van der Waals surface area contributed by atoms with Gasteiger partial charge >= 0.3 is 0 Å². The fraction of sp³-hybridized carbons (Fsp3) is 0.160. The second-order valence-electron chi connectivity index (χ2n) is 7.45. The highest BCUT2D eigenvalue weighted by Crippen LogP contribution is 2.28. The van der Waals surface area contributed by atoms with E-state index < -0.39 is 0 Å². The van der Waals surface area contributed by atoms with Crippen LogP contribution in [0.1, 0.15) is 35.5 Å². The van der Waals surface area contributed by atoms with Crippen LogP contribution in [0.3, 0.4) is 0 Å². The summed E-state index contributed by atoms with van der Waals surface area (Å²) in [5.74, 6) is 1.57. The van der Waals surface area contributed by atoms with Crippen molar-refractivity contribution in [2.75, 3.05) is 5.32 Å². The summed E-state index contributed by atoms with van der Waals surface area (Å²) < 4.78 is 1.84. The Hall–Kier alpha value is -3.93. The van der Waals surface area contributed by atoms with E-state index in [2.05, 4.69) is 41.6 Å². The molecule has 0 saturated heterocycles. The minimum Gasteiger partial charge on any atom is -0.384 e. The fourth-order valence-electron chi connectivity index (χ4n) is 3.56. The minimum absolute atomic E-state index is 0.0551. The van der Waals surface area contributed by atoms with Crippen molar-refractivity contribution in [3.8, 4) is 11.4 Å². The van der Waals surface area contributed by atoms with Gasteiger partial charge < -0.3 is 11.1 Å². The van der Waals surface area contributed by atoms with Gasteiger partial charge in [-0.15, -0.1) is 0 Å². The van der Waals surface area contributed by atoms with Crippen LogP contribution in [0.25, 0.3) is 11.4 Å². The summed E-state index contributed by atoms with van der Waals surface area (Å²) >= 11 is 0. The number of amidine groups is 1. The Bertz CT molecular complexity index is 1180. The van der Waals surface area contributed by atoms with Gasteiger partial charge in [0, 0.05) is 23.9 Å². The van der Waals surface area contributed by atoms with Crippen molar-refractivity contribution in [3.05, 3.63) is 101 Å². The maximum atomic E-state index is 7.61. The molecule has 0 aliphatic carbocycles. The third-order valence-electron chi connectivity index (χ3n) is 5.29. The summed E-state index contributed by atoms with van der Waals surface area (Å²) in [6.07, 6.45) is 0.960. The Morgan fingerprint density at radius 1 is 1.03 bits per heavy atom. The molecule has 31 heavy (non-hydrogen) atoms. The molecule has 1 atom stereocenters. The number of nitrogens with zero attached hydrogens (tertiary/aromatic N) is 3. The zero-order valence-corrected chi connectivity index (χ0v) is 17.7. The summed E-state index contributed by atoms with van der Waals surface area (Å²) in [4.78, 5) is 4.89. The highest BCUT2D eigenvalue weighted by atomic mass is 15.3. The number of nitrogen functional groups attached to an aromatic ring is 1. The number of nitrogens with one attached hydrogen (secondary N) is 2. The molecule has 6 heteroatoms. The predicted molar refractivity (Wildman–Crippen MR) is 125 cm³/mol. The van der Waals surface area contributed by atoms with Gasteiger partial charge in [-0.05, 0) is 41.8 Å². The predicted octanol–water partition coefficient (Wildman–Crippen LogP) is 4.53. The average molecular weight is 411 g/mol. The molecule has 4 aromatic rings. The topological polar surface area (TPSA) is 92.6 Å². The van der Waals surface area contributed by atoms with Crippen molar-refractivity contribution in [3.63, 3.8) is 0 Å². The standard InChI is InChI=1S/C25H26N6/c1-3-17-8-7-11-20(16-17)22(28-21-14-12-18(13-15-21)23(26)27)25-29-24(30-31(25)2)19-9-5-4-6-10-19/h4-16,22,28H,3H2,1-2H3,(H3,26,27). The van der Waals surface area contributed by atoms with Gasteiger partial charge in [0.05, 0.1) is 0 Å². The smallest absolute Gasteiger partial charge is 0.181 e. The summed E-state index contributed by atoms with van der Waals surface area (Å²) in [5.41, 5.74) is 10.6. The molecular formula is C25H26N6. The van der Waals surface area contributed by atoms with Crippen molar-refractivity contribution in [2.24, 2.45) is 12.8 Å². The zero-order valence-electron chi connectivity index (χ0n) is 17.7. The molecule has 0 radical (unpaired) electrons. The second-order valence-corrected chi connectivity index (χ2v) is 7.45. The SMILES string of the molecule is CCc1cccc(C(Nc2ccc(C(=N)N)cc2)c2nc(-c3ccccc3)nn2C)c1. The van der Waals surface area contributed by atoms with E-state index in [1.807, 2.05) is 66.3 Å². The molecule has 156 valence electrons. The Balaban J connectivity index is 1.75. The van der Waals surface area contributed by atoms with E-state index >= 15 is 0 Å². The van der Waals surface area contributed by atoms with Crippen LogP contribution < -0.4 is 11.1 Å². The number of benzene rings is 3. The fourth-order valence-corrected chi connectivity index (χ4v) is 3.56. The third kappa shape index (κ3) is 4.48. The van der Waals surface area contributed by atoms with Crippen LogP contribution in [0, 0.1) is 5.41 Å². The van der Waals surface area contributed by atoms with Crippen LogP contribution in [0.4, 0.5) is 5.69 Å². The molecule has 4 rings (SSSR count). The average Bonchev–Trinajstić information content (AvgIpc) is 3.19. The number of aryl methyl sites for hydroxylation is 2. The number of aromatic nitrogens is 3. The van der Waals surface area contributed by atoms with Crippen LogP contribution in [-0.2, 0) is 13.5 Å². The van der Waals surface area contributed by atoms with E-state index in [4.69, 9.17) is 16.1 Å². The molecule has 1 unspecified atom stereocenters. The summed E-state index contributed by atoms with van der Waals surface area (Å²) in [6, 6.07) is 25.9. The highest BCUT2D eigenvalue weighted by molar-refractivity contribution is 5.95. The van der Waals surface area contributed by atoms with E-state index in [1.54, 1.807) is 0 Å². The molecule has 0 saturated carbocycles. The van der Waals surface area contributed by atoms with Crippen molar-refractivity contribution in [2.45, 2.75) is 19.4 Å². The molecule has 1 heterocycles. The first kappa shape index (κ1) is 20.3. The molecule has 0 bridgehead atoms. The van der Waals surface area contributed by atoms with E-state index in [-0.39, 0.29) is 11.9 Å². The van der Waals surface area contributed by atoms with Gasteiger partial charge in [-0.3, -0.25) is 10.1 Å². The Labute approximate surface area is 182 Å². The Morgan fingerprint density at radius 2 is 1.77 bits per heavy atom. The van der Waals surface area contributed by atoms with Crippen molar-refractivity contribution < 1.29 is 0 Å². The molecule has 0 amide bonds. The van der Waals surface area contributed by atoms with Gasteiger partial charge in [-0.1, -0.05) is 61.5 Å². The number of hydrogen-bond acceptors (Lipinski definition) is 4. The van der Waals surface area contributed by atoms with Crippen LogP contribution in [0.5, 0.6) is 0 Å². The molecule has 0 fully saturated rings. The maximum Gasteiger partial charge on any atom is 0.181 e. The van der Waals surface area contributed by atoms with E-state index in [1.165, 1.54) is 5.56 Å².